The summed E-state index contributed by atoms with van der Waals surface area (Å²) < 4.78 is 5.52. The Kier molecular flexibility index (Phi) is 6.41. The van der Waals surface area contributed by atoms with Gasteiger partial charge in [-0.15, -0.1) is 0 Å². The third-order valence-electron chi connectivity index (χ3n) is 4.49. The summed E-state index contributed by atoms with van der Waals surface area (Å²) in [6, 6.07) is 8.73. The van der Waals surface area contributed by atoms with Gasteiger partial charge in [0.1, 0.15) is 21.9 Å². The fourth-order valence-electron chi connectivity index (χ4n) is 2.90. The van der Waals surface area contributed by atoms with Gasteiger partial charge in [0.25, 0.3) is 5.91 Å². The summed E-state index contributed by atoms with van der Waals surface area (Å²) in [7, 11) is 1.55. The SMILES string of the molecule is C[C@H](C(=O)N(C)C[C@@H](O)c1ccc(O)cc1)N1C(=O)/C(=C/c2ccco2)SC1=S. The van der Waals surface area contributed by atoms with Crippen LogP contribution in [0, 0.1) is 0 Å². The highest BCUT2D eigenvalue weighted by Crippen LogP contribution is 2.34. The second-order valence-corrected chi connectivity index (χ2v) is 8.24. The van der Waals surface area contributed by atoms with E-state index in [4.69, 9.17) is 16.6 Å². The molecule has 1 aromatic heterocycles. The van der Waals surface area contributed by atoms with Gasteiger partial charge in [-0.3, -0.25) is 14.5 Å². The molecule has 2 N–H and O–H groups in total. The van der Waals surface area contributed by atoms with Crippen molar-refractivity contribution in [3.8, 4) is 5.75 Å². The number of amides is 2. The zero-order valence-electron chi connectivity index (χ0n) is 15.8. The Bertz CT molecular complexity index is 940. The van der Waals surface area contributed by atoms with E-state index in [1.807, 2.05) is 0 Å². The molecule has 0 bridgehead atoms. The molecular weight excluding hydrogens is 412 g/mol. The van der Waals surface area contributed by atoms with Crippen LogP contribution in [0.1, 0.15) is 24.4 Å². The number of nitrogens with zero attached hydrogens (tertiary/aromatic N) is 2. The number of thioether (sulfide) groups is 1. The largest absolute Gasteiger partial charge is 0.508 e. The second-order valence-electron chi connectivity index (χ2n) is 6.57. The number of hydrogen-bond acceptors (Lipinski definition) is 7. The van der Waals surface area contributed by atoms with Crippen molar-refractivity contribution >= 4 is 46.2 Å². The summed E-state index contributed by atoms with van der Waals surface area (Å²) >= 11 is 6.42. The van der Waals surface area contributed by atoms with E-state index in [9.17, 15) is 19.8 Å². The molecular formula is C20H20N2O5S2. The lowest BCUT2D eigenvalue weighted by Crippen LogP contribution is -2.48. The number of aliphatic hydroxyl groups excluding tert-OH is 1. The average molecular weight is 433 g/mol. The first-order valence-electron chi connectivity index (χ1n) is 8.80. The zero-order chi connectivity index (χ0) is 21.1. The van der Waals surface area contributed by atoms with E-state index < -0.39 is 12.1 Å². The number of furan rings is 1. The van der Waals surface area contributed by atoms with Gasteiger partial charge in [-0.2, -0.15) is 0 Å². The van der Waals surface area contributed by atoms with Crippen molar-refractivity contribution in [1.82, 2.24) is 9.80 Å². The van der Waals surface area contributed by atoms with Crippen molar-refractivity contribution in [1.29, 1.82) is 0 Å². The first-order chi connectivity index (χ1) is 13.8. The maximum absolute atomic E-state index is 12.8. The molecule has 0 unspecified atom stereocenters. The highest BCUT2D eigenvalue weighted by molar-refractivity contribution is 8.26. The third-order valence-corrected chi connectivity index (χ3v) is 5.82. The number of carbonyl (C=O) groups excluding carboxylic acids is 2. The predicted octanol–water partition coefficient (Wildman–Crippen LogP) is 2.77. The van der Waals surface area contributed by atoms with Crippen molar-refractivity contribution in [2.24, 2.45) is 0 Å². The summed E-state index contributed by atoms with van der Waals surface area (Å²) in [6.45, 7) is 1.64. The van der Waals surface area contributed by atoms with E-state index in [1.165, 1.54) is 28.2 Å². The normalized spacial score (nSPS) is 17.6. The van der Waals surface area contributed by atoms with Crippen LogP contribution in [0.25, 0.3) is 6.08 Å². The fourth-order valence-corrected chi connectivity index (χ4v) is 4.30. The minimum atomic E-state index is -0.929. The number of aliphatic hydroxyl groups is 1. The average Bonchev–Trinajstić information content (AvgIpc) is 3.29. The molecule has 9 heteroatoms. The van der Waals surface area contributed by atoms with Crippen LogP contribution < -0.4 is 0 Å². The van der Waals surface area contributed by atoms with Crippen LogP contribution in [0.15, 0.2) is 52.0 Å². The summed E-state index contributed by atoms with van der Waals surface area (Å²) in [5.41, 5.74) is 0.571. The van der Waals surface area contributed by atoms with Crippen LogP contribution >= 0.6 is 24.0 Å². The molecule has 29 heavy (non-hydrogen) atoms. The minimum absolute atomic E-state index is 0.0327. The number of likely N-dealkylation sites (N-methyl/N-ethyl adjacent to an activating group) is 1. The monoisotopic (exact) mass is 432 g/mol. The quantitative estimate of drug-likeness (QED) is 0.535. The van der Waals surface area contributed by atoms with Crippen LogP contribution in [0.4, 0.5) is 0 Å². The molecule has 3 rings (SSSR count). The summed E-state index contributed by atoms with van der Waals surface area (Å²) in [5.74, 6) is -0.0855. The smallest absolute Gasteiger partial charge is 0.267 e. The molecule has 2 heterocycles. The van der Waals surface area contributed by atoms with Gasteiger partial charge in [0.15, 0.2) is 0 Å². The van der Waals surface area contributed by atoms with Crippen molar-refractivity contribution in [3.63, 3.8) is 0 Å². The molecule has 152 valence electrons. The number of hydrogen-bond donors (Lipinski definition) is 2. The number of phenols is 1. The van der Waals surface area contributed by atoms with E-state index in [0.717, 1.165) is 11.8 Å². The van der Waals surface area contributed by atoms with Crippen molar-refractivity contribution in [2.75, 3.05) is 13.6 Å². The van der Waals surface area contributed by atoms with Gasteiger partial charge < -0.3 is 19.5 Å². The highest BCUT2D eigenvalue weighted by Gasteiger charge is 2.39. The number of aromatic hydroxyl groups is 1. The molecule has 1 aromatic carbocycles. The fraction of sp³-hybridized carbons (Fsp3) is 0.250. The van der Waals surface area contributed by atoms with E-state index in [2.05, 4.69) is 0 Å². The summed E-state index contributed by atoms with van der Waals surface area (Å²) in [6.07, 6.45) is 2.17. The van der Waals surface area contributed by atoms with Gasteiger partial charge in [-0.1, -0.05) is 36.1 Å². The van der Waals surface area contributed by atoms with E-state index in [1.54, 1.807) is 44.3 Å². The molecule has 0 aliphatic carbocycles. The minimum Gasteiger partial charge on any atom is -0.508 e. The molecule has 1 aliphatic rings. The Morgan fingerprint density at radius 2 is 2.03 bits per heavy atom. The van der Waals surface area contributed by atoms with Gasteiger partial charge in [-0.05, 0) is 36.8 Å². The molecule has 2 atom stereocenters. The van der Waals surface area contributed by atoms with Gasteiger partial charge in [0.05, 0.1) is 23.8 Å². The summed E-state index contributed by atoms with van der Waals surface area (Å²) in [5, 5.41) is 19.7. The van der Waals surface area contributed by atoms with Crippen molar-refractivity contribution in [3.05, 3.63) is 58.9 Å². The molecule has 1 aliphatic heterocycles. The molecule has 2 amide bonds. The maximum Gasteiger partial charge on any atom is 0.267 e. The molecule has 1 saturated heterocycles. The predicted molar refractivity (Wildman–Crippen MR) is 114 cm³/mol. The standard InChI is InChI=1S/C20H20N2O5S2/c1-12(18(25)21(2)11-16(24)13-5-7-14(23)8-6-13)22-19(26)17(29-20(22)28)10-15-4-3-9-27-15/h3-10,12,16,23-24H,11H2,1-2H3/b17-10-/t12-,16-/m1/s1. The number of phenolic OH excluding ortho intramolecular Hbond substituents is 1. The van der Waals surface area contributed by atoms with Crippen LogP contribution in [-0.2, 0) is 9.59 Å². The molecule has 7 nitrogen and oxygen atoms in total. The number of rotatable bonds is 6. The van der Waals surface area contributed by atoms with E-state index in [0.29, 0.717) is 20.5 Å². The third kappa shape index (κ3) is 4.69. The number of thiocarbonyl (C=S) groups is 1. The van der Waals surface area contributed by atoms with Crippen LogP contribution in [0.5, 0.6) is 5.75 Å². The van der Waals surface area contributed by atoms with Gasteiger partial charge in [-0.25, -0.2) is 0 Å². The molecule has 2 aromatic rings. The Balaban J connectivity index is 1.67. The van der Waals surface area contributed by atoms with E-state index >= 15 is 0 Å². The second kappa shape index (κ2) is 8.81. The van der Waals surface area contributed by atoms with Crippen molar-refractivity contribution < 1.29 is 24.2 Å². The van der Waals surface area contributed by atoms with Crippen LogP contribution in [0.3, 0.4) is 0 Å². The Morgan fingerprint density at radius 1 is 1.34 bits per heavy atom. The maximum atomic E-state index is 12.8. The Labute approximate surface area is 177 Å². The van der Waals surface area contributed by atoms with Gasteiger partial charge >= 0.3 is 0 Å². The Morgan fingerprint density at radius 3 is 2.66 bits per heavy atom. The molecule has 0 spiro atoms. The lowest BCUT2D eigenvalue weighted by atomic mass is 10.1. The van der Waals surface area contributed by atoms with Crippen LogP contribution in [0.2, 0.25) is 0 Å². The first kappa shape index (κ1) is 21.1. The Hall–Kier alpha value is -2.62. The molecule has 1 fully saturated rings. The molecule has 0 saturated carbocycles. The van der Waals surface area contributed by atoms with Crippen LogP contribution in [-0.4, -0.2) is 55.8 Å². The molecule has 0 radical (unpaired) electrons. The van der Waals surface area contributed by atoms with Gasteiger partial charge in [0.2, 0.25) is 5.91 Å². The highest BCUT2D eigenvalue weighted by atomic mass is 32.2. The summed E-state index contributed by atoms with van der Waals surface area (Å²) in [4.78, 5) is 28.6. The lowest BCUT2D eigenvalue weighted by Gasteiger charge is -2.28. The van der Waals surface area contributed by atoms with Gasteiger partial charge in [0, 0.05) is 13.1 Å². The first-order valence-corrected chi connectivity index (χ1v) is 10.0. The number of carbonyl (C=O) groups is 2. The topological polar surface area (TPSA) is 94.2 Å². The van der Waals surface area contributed by atoms with Crippen molar-refractivity contribution in [2.45, 2.75) is 19.1 Å². The van der Waals surface area contributed by atoms with E-state index in [-0.39, 0.29) is 24.1 Å². The zero-order valence-corrected chi connectivity index (χ0v) is 17.4. The number of benzene rings is 1. The lowest BCUT2D eigenvalue weighted by molar-refractivity contribution is -0.139.